The molecule has 4 aliphatic rings. The number of β-amino-alcohol motifs (C(OH)–C–C–N with tert-alkyl or cyclic N) is 1. The summed E-state index contributed by atoms with van der Waals surface area (Å²) in [6, 6.07) is 6.97. The van der Waals surface area contributed by atoms with Crippen molar-refractivity contribution < 1.29 is 19.6 Å². The van der Waals surface area contributed by atoms with Crippen molar-refractivity contribution in [2.45, 2.75) is 38.2 Å². The van der Waals surface area contributed by atoms with Gasteiger partial charge in [0.25, 0.3) is 5.84 Å². The highest BCUT2D eigenvalue weighted by atomic mass is 16.3. The van der Waals surface area contributed by atoms with Crippen LogP contribution in [-0.4, -0.2) is 56.9 Å². The molecule has 1 aliphatic carbocycles. The van der Waals surface area contributed by atoms with E-state index >= 15 is 0 Å². The maximum Gasteiger partial charge on any atom is 0.265 e. The highest BCUT2D eigenvalue weighted by Crippen LogP contribution is 2.41. The lowest BCUT2D eigenvalue weighted by atomic mass is 9.79. The number of aliphatic hydroxyl groups is 1. The third-order valence-corrected chi connectivity index (χ3v) is 6.87. The molecule has 3 aliphatic heterocycles. The third kappa shape index (κ3) is 3.50. The van der Waals surface area contributed by atoms with Crippen LogP contribution in [0.1, 0.15) is 37.7 Å². The van der Waals surface area contributed by atoms with Crippen molar-refractivity contribution in [1.29, 1.82) is 0 Å². The summed E-state index contributed by atoms with van der Waals surface area (Å²) in [7, 11) is 0. The smallest absolute Gasteiger partial charge is 0.265 e. The summed E-state index contributed by atoms with van der Waals surface area (Å²) in [5.74, 6) is 7.99. The first-order valence-corrected chi connectivity index (χ1v) is 10.9. The molecule has 1 saturated carbocycles. The molecule has 0 radical (unpaired) electrons. The normalized spacial score (nSPS) is 32.4. The van der Waals surface area contributed by atoms with Gasteiger partial charge in [0, 0.05) is 24.9 Å². The summed E-state index contributed by atoms with van der Waals surface area (Å²) < 4.78 is -0.0627. The van der Waals surface area contributed by atoms with Gasteiger partial charge in [-0.15, -0.1) is 4.59 Å². The monoisotopic (exact) mass is 422 g/mol. The highest BCUT2D eigenvalue weighted by molar-refractivity contribution is 6.00. The number of amides is 1. The number of phenols is 1. The van der Waals surface area contributed by atoms with Crippen LogP contribution < -0.4 is 5.84 Å². The Morgan fingerprint density at radius 2 is 2.00 bits per heavy atom. The number of hydrogen-bond donors (Lipinski definition) is 3. The molecular formula is C23H28N5O3+. The van der Waals surface area contributed by atoms with Gasteiger partial charge in [0.1, 0.15) is 17.6 Å². The number of nitrogens with zero attached hydrogens (tertiary/aromatic N) is 4. The highest BCUT2D eigenvalue weighted by Gasteiger charge is 2.46. The molecule has 1 aromatic rings. The van der Waals surface area contributed by atoms with Crippen LogP contribution in [-0.2, 0) is 4.79 Å². The molecule has 1 amide bonds. The molecule has 2 unspecified atom stereocenters. The number of nitrogens with two attached hydrogens (primary N) is 1. The minimum Gasteiger partial charge on any atom is -0.508 e. The fourth-order valence-electron chi connectivity index (χ4n) is 5.17. The number of hydrogen-bond acceptors (Lipinski definition) is 6. The van der Waals surface area contributed by atoms with E-state index < -0.39 is 0 Å². The van der Waals surface area contributed by atoms with Gasteiger partial charge in [0.05, 0.1) is 24.1 Å². The lowest BCUT2D eigenvalue weighted by molar-refractivity contribution is -0.750. The number of benzene rings is 1. The van der Waals surface area contributed by atoms with Crippen LogP contribution >= 0.6 is 0 Å². The zero-order chi connectivity index (χ0) is 21.6. The molecule has 162 valence electrons. The van der Waals surface area contributed by atoms with Crippen molar-refractivity contribution in [2.75, 3.05) is 13.1 Å². The Labute approximate surface area is 181 Å². The van der Waals surface area contributed by atoms with E-state index in [9.17, 15) is 15.0 Å². The number of carbonyl (C=O) groups is 1. The molecule has 8 nitrogen and oxygen atoms in total. The van der Waals surface area contributed by atoms with Gasteiger partial charge in [0.2, 0.25) is 11.6 Å². The van der Waals surface area contributed by atoms with Crippen LogP contribution in [0.3, 0.4) is 0 Å². The number of likely N-dealkylation sites (tertiary alicyclic amines) is 1. The second kappa shape index (κ2) is 7.71. The molecule has 0 aromatic heterocycles. The Bertz CT molecular complexity index is 1020. The number of carbonyl (C=O) groups excluding carboxylic acids is 1. The van der Waals surface area contributed by atoms with E-state index in [1.165, 1.54) is 0 Å². The summed E-state index contributed by atoms with van der Waals surface area (Å²) >= 11 is 0. The zero-order valence-electron chi connectivity index (χ0n) is 17.4. The predicted octanol–water partition coefficient (Wildman–Crippen LogP) is 2.01. The van der Waals surface area contributed by atoms with Crippen LogP contribution in [0, 0.1) is 11.8 Å². The quantitative estimate of drug-likeness (QED) is 0.511. The summed E-state index contributed by atoms with van der Waals surface area (Å²) in [5, 5.41) is 19.7. The van der Waals surface area contributed by atoms with Crippen molar-refractivity contribution in [2.24, 2.45) is 27.7 Å². The van der Waals surface area contributed by atoms with Crippen molar-refractivity contribution in [3.05, 3.63) is 53.6 Å². The summed E-state index contributed by atoms with van der Waals surface area (Å²) in [6.45, 7) is 1.12. The van der Waals surface area contributed by atoms with Gasteiger partial charge < -0.3 is 15.1 Å². The molecule has 5 rings (SSSR count). The molecule has 4 N–H and O–H groups in total. The molecule has 0 spiro atoms. The van der Waals surface area contributed by atoms with E-state index in [0.29, 0.717) is 25.3 Å². The topological polar surface area (TPSA) is 112 Å². The molecule has 1 aromatic carbocycles. The summed E-state index contributed by atoms with van der Waals surface area (Å²) in [5.41, 5.74) is 2.54. The Balaban J connectivity index is 1.37. The van der Waals surface area contributed by atoms with Crippen molar-refractivity contribution >= 4 is 18.0 Å². The average Bonchev–Trinajstić information content (AvgIpc) is 3.34. The first kappa shape index (κ1) is 20.1. The summed E-state index contributed by atoms with van der Waals surface area (Å²) in [4.78, 5) is 23.9. The SMILES string of the molecule is N[N+]12C=CN=CC1=C(C1CCC(C(=O)N3CCC(O)C3)CC1)N=C2c1cccc(O)c1. The van der Waals surface area contributed by atoms with E-state index in [0.717, 1.165) is 42.6 Å². The van der Waals surface area contributed by atoms with Crippen LogP contribution in [0.5, 0.6) is 5.75 Å². The fourth-order valence-corrected chi connectivity index (χ4v) is 5.17. The van der Waals surface area contributed by atoms with Crippen LogP contribution in [0.2, 0.25) is 0 Å². The van der Waals surface area contributed by atoms with Crippen molar-refractivity contribution in [3.63, 3.8) is 0 Å². The first-order valence-electron chi connectivity index (χ1n) is 10.9. The third-order valence-electron chi connectivity index (χ3n) is 6.87. The number of phenolic OH excluding ortho intramolecular Hbond substituents is 1. The molecular weight excluding hydrogens is 394 g/mol. The van der Waals surface area contributed by atoms with Gasteiger partial charge in [-0.05, 0) is 50.3 Å². The van der Waals surface area contributed by atoms with Crippen LogP contribution in [0.25, 0.3) is 0 Å². The van der Waals surface area contributed by atoms with Gasteiger partial charge >= 0.3 is 0 Å². The second-order valence-electron chi connectivity index (χ2n) is 8.89. The number of rotatable bonds is 3. The van der Waals surface area contributed by atoms with E-state index in [-0.39, 0.29) is 34.2 Å². The molecule has 0 bridgehead atoms. The Hall–Kier alpha value is -2.81. The number of aliphatic imine (C=N–C) groups is 2. The Morgan fingerprint density at radius 1 is 1.19 bits per heavy atom. The molecule has 2 atom stereocenters. The Morgan fingerprint density at radius 3 is 2.71 bits per heavy atom. The lowest BCUT2D eigenvalue weighted by Gasteiger charge is -2.30. The molecule has 31 heavy (non-hydrogen) atoms. The number of aliphatic hydroxyl groups excluding tert-OH is 1. The maximum absolute atomic E-state index is 12.8. The molecule has 8 heteroatoms. The Kier molecular flexibility index (Phi) is 5.00. The minimum atomic E-state index is -0.384. The number of quaternary nitrogens is 1. The average molecular weight is 423 g/mol. The number of amidine groups is 1. The van der Waals surface area contributed by atoms with E-state index in [2.05, 4.69) is 4.99 Å². The first-order chi connectivity index (χ1) is 15.0. The standard InChI is InChI=1S/C23H27N5O3/c24-28-11-9-25-13-20(28)21(26-22(28)17-2-1-3-18(29)12-17)15-4-6-16(7-5-15)23(31)27-10-8-19(30)14-27/h1-3,9,11-13,15-16,19,30H,4-8,10,14,24H2/p+1. The van der Waals surface area contributed by atoms with Gasteiger partial charge in [-0.1, -0.05) is 6.07 Å². The largest absolute Gasteiger partial charge is 0.508 e. The van der Waals surface area contributed by atoms with Gasteiger partial charge in [-0.25, -0.2) is 0 Å². The predicted molar refractivity (Wildman–Crippen MR) is 116 cm³/mol. The fraction of sp³-hybridized carbons (Fsp3) is 0.435. The van der Waals surface area contributed by atoms with Crippen LogP contribution in [0.4, 0.5) is 0 Å². The molecule has 1 saturated heterocycles. The molecule has 3 heterocycles. The van der Waals surface area contributed by atoms with Crippen LogP contribution in [0.15, 0.2) is 58.0 Å². The number of allylic oxidation sites excluding steroid dienone is 2. The zero-order valence-corrected chi connectivity index (χ0v) is 17.4. The van der Waals surface area contributed by atoms with E-state index in [1.807, 2.05) is 11.0 Å². The number of aromatic hydroxyl groups is 1. The van der Waals surface area contributed by atoms with Crippen molar-refractivity contribution in [3.8, 4) is 5.75 Å². The van der Waals surface area contributed by atoms with E-state index in [1.54, 1.807) is 36.8 Å². The van der Waals surface area contributed by atoms with Gasteiger partial charge in [-0.2, -0.15) is 10.8 Å². The number of fused-ring (bicyclic) bond motifs is 1. The van der Waals surface area contributed by atoms with Gasteiger partial charge in [0.15, 0.2) is 0 Å². The lowest BCUT2D eigenvalue weighted by Crippen LogP contribution is -2.53. The van der Waals surface area contributed by atoms with Crippen molar-refractivity contribution in [1.82, 2.24) is 4.90 Å². The maximum atomic E-state index is 12.8. The minimum absolute atomic E-state index is 0.0140. The summed E-state index contributed by atoms with van der Waals surface area (Å²) in [6.07, 6.45) is 8.88. The van der Waals surface area contributed by atoms with Gasteiger partial charge in [-0.3, -0.25) is 9.79 Å². The second-order valence-corrected chi connectivity index (χ2v) is 8.89. The van der Waals surface area contributed by atoms with E-state index in [4.69, 9.17) is 10.8 Å². The molecule has 2 fully saturated rings.